The summed E-state index contributed by atoms with van der Waals surface area (Å²) in [6.07, 6.45) is 5.67. The standard InChI is InChI=1S/C36H39N5O8S/c1-3-21-19-36(21,35(45)41-50(46,47)24-11-12-24)39-34(44)30-18-23-17-29(30)33(43)38-20(2)32(42)37-14-6-7-15-48-22-10-13-26-25-8-4-5-9-27(25)31(40-49-23)28(26)16-22/h3-10,13,16,20-21,23-24,29-30H,1,11-12,14-15,17-19H2,2H3,(H,37,42)(H,38,43)(H,39,44)(H,41,45)/b7-6+,40-31-/t20-,21-,23+,29-,30-,36-/m1/s1. The topological polar surface area (TPSA) is 181 Å². The van der Waals surface area contributed by atoms with E-state index in [4.69, 9.17) is 9.57 Å². The van der Waals surface area contributed by atoms with Gasteiger partial charge in [-0.25, -0.2) is 8.42 Å². The molecule has 0 spiro atoms. The predicted molar refractivity (Wildman–Crippen MR) is 183 cm³/mol. The van der Waals surface area contributed by atoms with E-state index in [1.807, 2.05) is 42.5 Å². The molecule has 4 aliphatic carbocycles. The molecule has 50 heavy (non-hydrogen) atoms. The van der Waals surface area contributed by atoms with Crippen LogP contribution in [-0.2, 0) is 34.0 Å². The maximum atomic E-state index is 14.0. The molecule has 0 radical (unpaired) electrons. The van der Waals surface area contributed by atoms with Crippen molar-refractivity contribution in [1.29, 1.82) is 0 Å². The minimum Gasteiger partial charge on any atom is -0.490 e. The highest BCUT2D eigenvalue weighted by Gasteiger charge is 2.62. The Hall–Kier alpha value is -4.98. The van der Waals surface area contributed by atoms with E-state index in [0.717, 1.165) is 22.3 Å². The third-order valence-corrected chi connectivity index (χ3v) is 11.9. The van der Waals surface area contributed by atoms with Crippen LogP contribution in [-0.4, -0.2) is 73.8 Å². The molecule has 13 nitrogen and oxygen atoms in total. The molecule has 2 aromatic rings. The molecule has 262 valence electrons. The van der Waals surface area contributed by atoms with Crippen molar-refractivity contribution < 1.29 is 37.2 Å². The molecular weight excluding hydrogens is 662 g/mol. The van der Waals surface area contributed by atoms with E-state index in [1.165, 1.54) is 6.08 Å². The Morgan fingerprint density at radius 1 is 1.02 bits per heavy atom. The fourth-order valence-electron chi connectivity index (χ4n) is 7.02. The van der Waals surface area contributed by atoms with Gasteiger partial charge in [-0.05, 0) is 74.4 Å². The third kappa shape index (κ3) is 6.39. The Kier molecular flexibility index (Phi) is 8.75. The highest BCUT2D eigenvalue weighted by Crippen LogP contribution is 2.46. The van der Waals surface area contributed by atoms with Gasteiger partial charge in [-0.1, -0.05) is 41.6 Å². The summed E-state index contributed by atoms with van der Waals surface area (Å²) in [4.78, 5) is 60.0. The highest BCUT2D eigenvalue weighted by atomic mass is 32.2. The van der Waals surface area contributed by atoms with Crippen molar-refractivity contribution in [2.75, 3.05) is 13.2 Å². The summed E-state index contributed by atoms with van der Waals surface area (Å²) in [5.74, 6) is -4.14. The summed E-state index contributed by atoms with van der Waals surface area (Å²) in [6.45, 7) is 5.79. The first-order valence-electron chi connectivity index (χ1n) is 16.9. The number of fused-ring (bicyclic) bond motifs is 6. The van der Waals surface area contributed by atoms with E-state index in [0.29, 0.717) is 24.3 Å². The molecule has 0 saturated heterocycles. The van der Waals surface area contributed by atoms with Gasteiger partial charge < -0.3 is 25.5 Å². The van der Waals surface area contributed by atoms with Crippen LogP contribution >= 0.6 is 0 Å². The fraction of sp³-hybridized carbons (Fsp3) is 0.417. The molecule has 0 aromatic heterocycles. The van der Waals surface area contributed by atoms with Crippen LogP contribution in [0.25, 0.3) is 11.1 Å². The quantitative estimate of drug-likeness (QED) is 0.282. The van der Waals surface area contributed by atoms with E-state index < -0.39 is 74.3 Å². The largest absolute Gasteiger partial charge is 0.490 e. The van der Waals surface area contributed by atoms with Gasteiger partial charge in [0, 0.05) is 23.6 Å². The van der Waals surface area contributed by atoms with Crippen molar-refractivity contribution in [2.24, 2.45) is 22.9 Å². The number of oxime groups is 1. The zero-order chi connectivity index (χ0) is 35.2. The lowest BCUT2D eigenvalue weighted by Crippen LogP contribution is -2.55. The van der Waals surface area contributed by atoms with Crippen molar-refractivity contribution in [1.82, 2.24) is 20.7 Å². The Labute approximate surface area is 290 Å². The van der Waals surface area contributed by atoms with E-state index >= 15 is 0 Å². The van der Waals surface area contributed by atoms with Gasteiger partial charge in [0.1, 0.15) is 35.8 Å². The van der Waals surface area contributed by atoms with Crippen molar-refractivity contribution in [3.05, 3.63) is 78.4 Å². The summed E-state index contributed by atoms with van der Waals surface area (Å²) < 4.78 is 33.3. The number of carbonyl (C=O) groups is 4. The number of hydrogen-bond acceptors (Lipinski definition) is 9. The van der Waals surface area contributed by atoms with Crippen LogP contribution in [0.5, 0.6) is 5.75 Å². The van der Waals surface area contributed by atoms with Crippen LogP contribution in [0.1, 0.15) is 50.2 Å². The molecule has 2 aromatic carbocycles. The zero-order valence-electron chi connectivity index (χ0n) is 27.5. The van der Waals surface area contributed by atoms with Crippen LogP contribution < -0.4 is 25.4 Å². The molecular formula is C36H39N5O8S. The van der Waals surface area contributed by atoms with Crippen molar-refractivity contribution in [3.8, 4) is 16.9 Å². The van der Waals surface area contributed by atoms with Gasteiger partial charge in [-0.15, -0.1) is 6.58 Å². The van der Waals surface area contributed by atoms with Gasteiger partial charge in [0.2, 0.25) is 27.7 Å². The number of ether oxygens (including phenoxy) is 1. The molecule has 7 rings (SSSR count). The first-order valence-corrected chi connectivity index (χ1v) is 18.4. The molecule has 5 aliphatic rings. The second-order valence-corrected chi connectivity index (χ2v) is 15.5. The van der Waals surface area contributed by atoms with Crippen LogP contribution in [0.2, 0.25) is 0 Å². The number of benzene rings is 2. The maximum Gasteiger partial charge on any atom is 0.259 e. The van der Waals surface area contributed by atoms with Gasteiger partial charge in [0.05, 0.1) is 17.1 Å². The number of nitrogens with one attached hydrogen (secondary N) is 4. The summed E-state index contributed by atoms with van der Waals surface area (Å²) in [5, 5.41) is 12.2. The Bertz CT molecular complexity index is 1940. The smallest absolute Gasteiger partial charge is 0.259 e. The van der Waals surface area contributed by atoms with Gasteiger partial charge in [0.15, 0.2) is 0 Å². The summed E-state index contributed by atoms with van der Waals surface area (Å²) >= 11 is 0. The molecule has 0 unspecified atom stereocenters. The van der Waals surface area contributed by atoms with Crippen molar-refractivity contribution in [3.63, 3.8) is 0 Å². The van der Waals surface area contributed by atoms with Gasteiger partial charge in [-0.2, -0.15) is 0 Å². The summed E-state index contributed by atoms with van der Waals surface area (Å²) in [5.41, 5.74) is 2.70. The number of nitrogens with zero attached hydrogens (tertiary/aromatic N) is 1. The maximum absolute atomic E-state index is 14.0. The molecule has 6 atom stereocenters. The first-order chi connectivity index (χ1) is 24.0. The van der Waals surface area contributed by atoms with Gasteiger partial charge >= 0.3 is 0 Å². The van der Waals surface area contributed by atoms with Crippen LogP contribution in [0, 0.1) is 17.8 Å². The SMILES string of the molecule is C=C[C@@H]1C[C@]1(NC(=O)[C@@H]1C[C@@H]2C[C@H]1C(=O)N[C@H](C)C(=O)NC/C=C/COc1ccc3c(c1)/C(=N\O2)c1ccccc1-3)C(=O)NS(=O)(=O)C1CC1. The zero-order valence-corrected chi connectivity index (χ0v) is 28.3. The number of carbonyl (C=O) groups excluding carboxylic acids is 4. The minimum absolute atomic E-state index is 0.0839. The van der Waals surface area contributed by atoms with Gasteiger partial charge in [0.25, 0.3) is 5.91 Å². The normalized spacial score (nSPS) is 30.6. The van der Waals surface area contributed by atoms with Crippen molar-refractivity contribution >= 4 is 39.4 Å². The number of sulfonamides is 1. The Morgan fingerprint density at radius 3 is 2.52 bits per heavy atom. The molecule has 4 N–H and O–H groups in total. The van der Waals surface area contributed by atoms with Gasteiger partial charge in [-0.3, -0.25) is 23.9 Å². The second-order valence-electron chi connectivity index (χ2n) is 13.5. The lowest BCUT2D eigenvalue weighted by atomic mass is 9.93. The average molecular weight is 702 g/mol. The highest BCUT2D eigenvalue weighted by molar-refractivity contribution is 7.91. The number of rotatable bonds is 6. The fourth-order valence-corrected chi connectivity index (χ4v) is 8.38. The van der Waals surface area contributed by atoms with Crippen LogP contribution in [0.3, 0.4) is 0 Å². The monoisotopic (exact) mass is 701 g/mol. The predicted octanol–water partition coefficient (Wildman–Crippen LogP) is 2.07. The van der Waals surface area contributed by atoms with E-state index in [-0.39, 0.29) is 32.4 Å². The molecule has 4 amide bonds. The summed E-state index contributed by atoms with van der Waals surface area (Å²) in [6, 6.07) is 12.6. The average Bonchev–Trinajstić information content (AvgIpc) is 4.01. The third-order valence-electron chi connectivity index (χ3n) is 10.1. The minimum atomic E-state index is -3.87. The van der Waals surface area contributed by atoms with Crippen LogP contribution in [0.4, 0.5) is 0 Å². The summed E-state index contributed by atoms with van der Waals surface area (Å²) in [7, 11) is -3.87. The molecule has 3 saturated carbocycles. The molecule has 4 bridgehead atoms. The Balaban J connectivity index is 1.18. The lowest BCUT2D eigenvalue weighted by Gasteiger charge is -2.24. The number of amides is 4. The second kappa shape index (κ2) is 13.0. The van der Waals surface area contributed by atoms with Crippen LogP contribution in [0.15, 0.2) is 72.4 Å². The number of hydrogen-bond donors (Lipinski definition) is 4. The lowest BCUT2D eigenvalue weighted by molar-refractivity contribution is -0.137. The van der Waals surface area contributed by atoms with E-state index in [9.17, 15) is 27.6 Å². The first kappa shape index (κ1) is 33.5. The Morgan fingerprint density at radius 2 is 1.78 bits per heavy atom. The molecule has 3 fully saturated rings. The molecule has 14 heteroatoms. The molecule has 1 aliphatic heterocycles. The van der Waals surface area contributed by atoms with E-state index in [1.54, 1.807) is 19.1 Å². The van der Waals surface area contributed by atoms with E-state index in [2.05, 4.69) is 32.4 Å². The molecule has 1 heterocycles. The van der Waals surface area contributed by atoms with Crippen molar-refractivity contribution in [2.45, 2.75) is 62.0 Å².